The van der Waals surface area contributed by atoms with Crippen molar-refractivity contribution >= 4 is 23.5 Å². The zero-order chi connectivity index (χ0) is 23.4. The first kappa shape index (κ1) is 22.1. The Bertz CT molecular complexity index is 1160. The molecule has 3 amide bonds. The number of H-pyrrole nitrogens is 1. The molecule has 0 spiro atoms. The highest BCUT2D eigenvalue weighted by atomic mass is 16.2. The summed E-state index contributed by atoms with van der Waals surface area (Å²) in [6.45, 7) is 4.47. The molecule has 4 rings (SSSR count). The average Bonchev–Trinajstić information content (AvgIpc) is 3.35. The minimum absolute atomic E-state index is 0.0274. The summed E-state index contributed by atoms with van der Waals surface area (Å²) >= 11 is 0. The van der Waals surface area contributed by atoms with Crippen LogP contribution in [0.15, 0.2) is 42.7 Å². The second-order valence-electron chi connectivity index (χ2n) is 7.83. The third kappa shape index (κ3) is 4.89. The molecule has 0 radical (unpaired) electrons. The molecule has 1 aromatic carbocycles. The van der Waals surface area contributed by atoms with Crippen LogP contribution in [0.25, 0.3) is 0 Å². The monoisotopic (exact) mass is 447 g/mol. The number of hydrogen-bond acceptors (Lipinski definition) is 7. The fourth-order valence-corrected chi connectivity index (χ4v) is 3.58. The second-order valence-corrected chi connectivity index (χ2v) is 7.83. The van der Waals surface area contributed by atoms with Crippen molar-refractivity contribution in [3.8, 4) is 0 Å². The number of nitrogens with zero attached hydrogens (tertiary/aromatic N) is 5. The van der Waals surface area contributed by atoms with Crippen LogP contribution in [0.2, 0.25) is 0 Å². The number of aromatic amines is 1. The number of amides is 3. The van der Waals surface area contributed by atoms with Crippen LogP contribution in [0.1, 0.15) is 37.8 Å². The molecule has 10 heteroatoms. The Kier molecular flexibility index (Phi) is 6.43. The summed E-state index contributed by atoms with van der Waals surface area (Å²) in [5.41, 5.74) is 3.04. The number of anilines is 1. The Morgan fingerprint density at radius 3 is 2.58 bits per heavy atom. The van der Waals surface area contributed by atoms with Crippen LogP contribution in [-0.4, -0.2) is 73.9 Å². The van der Waals surface area contributed by atoms with Gasteiger partial charge in [0.05, 0.1) is 6.20 Å². The maximum Gasteiger partial charge on any atom is 0.292 e. The van der Waals surface area contributed by atoms with Gasteiger partial charge >= 0.3 is 0 Å². The molecule has 0 bridgehead atoms. The van der Waals surface area contributed by atoms with E-state index in [2.05, 4.69) is 25.5 Å². The fourth-order valence-electron chi connectivity index (χ4n) is 3.58. The van der Waals surface area contributed by atoms with Gasteiger partial charge in [0.15, 0.2) is 0 Å². The van der Waals surface area contributed by atoms with Gasteiger partial charge in [-0.05, 0) is 38.0 Å². The largest absolute Gasteiger partial charge is 0.369 e. The van der Waals surface area contributed by atoms with Crippen molar-refractivity contribution in [2.24, 2.45) is 0 Å². The second kappa shape index (κ2) is 9.60. The maximum absolute atomic E-state index is 13.1. The number of imide groups is 1. The van der Waals surface area contributed by atoms with E-state index in [4.69, 9.17) is 0 Å². The Morgan fingerprint density at radius 1 is 1.09 bits per heavy atom. The van der Waals surface area contributed by atoms with Crippen molar-refractivity contribution < 1.29 is 14.4 Å². The molecule has 3 heterocycles. The smallest absolute Gasteiger partial charge is 0.292 e. The quantitative estimate of drug-likeness (QED) is 0.550. The molecule has 0 atom stereocenters. The van der Waals surface area contributed by atoms with Gasteiger partial charge in [0.2, 0.25) is 11.7 Å². The van der Waals surface area contributed by atoms with Crippen LogP contribution in [0, 0.1) is 13.8 Å². The lowest BCUT2D eigenvalue weighted by Gasteiger charge is -2.32. The van der Waals surface area contributed by atoms with E-state index in [1.165, 1.54) is 9.80 Å². The standard InChI is InChI=1S/C23H25N7O3/c1-15-16(2)27-21(28-20(15)24-9-8-17-12-25-26-13-17)23(33)29-10-11-30(19(31)14-29)22(32)18-6-4-3-5-7-18/h3-7,12-13H,8-11,14H2,1-2H3,(H,25,26)(H,24,27,28). The molecule has 10 nitrogen and oxygen atoms in total. The van der Waals surface area contributed by atoms with Gasteiger partial charge in [0, 0.05) is 42.7 Å². The number of benzene rings is 1. The molecule has 1 fully saturated rings. The van der Waals surface area contributed by atoms with Crippen LogP contribution < -0.4 is 5.32 Å². The molecule has 1 aliphatic heterocycles. The van der Waals surface area contributed by atoms with Gasteiger partial charge in [-0.2, -0.15) is 5.10 Å². The number of aryl methyl sites for hydroxylation is 1. The van der Waals surface area contributed by atoms with E-state index in [1.807, 2.05) is 20.0 Å². The van der Waals surface area contributed by atoms with E-state index in [-0.39, 0.29) is 31.4 Å². The molecule has 2 N–H and O–H groups in total. The van der Waals surface area contributed by atoms with Gasteiger partial charge < -0.3 is 10.2 Å². The normalized spacial score (nSPS) is 13.8. The number of carbonyl (C=O) groups is 3. The first-order valence-corrected chi connectivity index (χ1v) is 10.7. The molecule has 3 aromatic rings. The van der Waals surface area contributed by atoms with Crippen molar-refractivity contribution in [3.63, 3.8) is 0 Å². The highest BCUT2D eigenvalue weighted by Crippen LogP contribution is 2.17. The summed E-state index contributed by atoms with van der Waals surface area (Å²) in [5.74, 6) is -0.612. The van der Waals surface area contributed by atoms with E-state index < -0.39 is 11.8 Å². The van der Waals surface area contributed by atoms with Crippen molar-refractivity contribution in [1.29, 1.82) is 0 Å². The third-order valence-electron chi connectivity index (χ3n) is 5.62. The van der Waals surface area contributed by atoms with E-state index in [9.17, 15) is 14.4 Å². The summed E-state index contributed by atoms with van der Waals surface area (Å²) < 4.78 is 0. The Morgan fingerprint density at radius 2 is 1.88 bits per heavy atom. The molecule has 0 unspecified atom stereocenters. The summed E-state index contributed by atoms with van der Waals surface area (Å²) in [6, 6.07) is 8.62. The van der Waals surface area contributed by atoms with Gasteiger partial charge in [-0.15, -0.1) is 0 Å². The number of piperazine rings is 1. The Labute approximate surface area is 191 Å². The van der Waals surface area contributed by atoms with E-state index in [1.54, 1.807) is 36.5 Å². The molecule has 1 saturated heterocycles. The maximum atomic E-state index is 13.1. The van der Waals surface area contributed by atoms with E-state index >= 15 is 0 Å². The summed E-state index contributed by atoms with van der Waals surface area (Å²) in [4.78, 5) is 49.7. The molecule has 0 aliphatic carbocycles. The van der Waals surface area contributed by atoms with Gasteiger partial charge in [-0.1, -0.05) is 18.2 Å². The molecule has 33 heavy (non-hydrogen) atoms. The summed E-state index contributed by atoms with van der Waals surface area (Å²) in [5, 5.41) is 9.96. The molecule has 170 valence electrons. The minimum atomic E-state index is -0.434. The zero-order valence-electron chi connectivity index (χ0n) is 18.5. The highest BCUT2D eigenvalue weighted by molar-refractivity contribution is 6.06. The third-order valence-corrected chi connectivity index (χ3v) is 5.62. The number of carbonyl (C=O) groups excluding carboxylic acids is 3. The zero-order valence-corrected chi connectivity index (χ0v) is 18.5. The summed E-state index contributed by atoms with van der Waals surface area (Å²) in [7, 11) is 0. The SMILES string of the molecule is Cc1nc(C(=O)N2CCN(C(=O)c3ccccc3)C(=O)C2)nc(NCCc2cn[nH]c2)c1C. The van der Waals surface area contributed by atoms with Crippen molar-refractivity contribution in [1.82, 2.24) is 30.0 Å². The average molecular weight is 447 g/mol. The molecule has 0 saturated carbocycles. The van der Waals surface area contributed by atoms with Gasteiger partial charge in [-0.25, -0.2) is 9.97 Å². The first-order chi connectivity index (χ1) is 15.9. The number of rotatable bonds is 6. The topological polar surface area (TPSA) is 124 Å². The lowest BCUT2D eigenvalue weighted by Crippen LogP contribution is -2.54. The van der Waals surface area contributed by atoms with Crippen molar-refractivity contribution in [2.75, 3.05) is 31.5 Å². The van der Waals surface area contributed by atoms with Crippen LogP contribution >= 0.6 is 0 Å². The van der Waals surface area contributed by atoms with Crippen molar-refractivity contribution in [2.45, 2.75) is 20.3 Å². The van der Waals surface area contributed by atoms with Crippen LogP contribution in [-0.2, 0) is 11.2 Å². The fraction of sp³-hybridized carbons (Fsp3) is 0.304. The van der Waals surface area contributed by atoms with Crippen LogP contribution in [0.5, 0.6) is 0 Å². The lowest BCUT2D eigenvalue weighted by molar-refractivity contribution is -0.132. The van der Waals surface area contributed by atoms with Gasteiger partial charge in [0.25, 0.3) is 11.8 Å². The summed E-state index contributed by atoms with van der Waals surface area (Å²) in [6.07, 6.45) is 4.33. The minimum Gasteiger partial charge on any atom is -0.369 e. The number of hydrogen-bond donors (Lipinski definition) is 2. The van der Waals surface area contributed by atoms with Crippen LogP contribution in [0.4, 0.5) is 5.82 Å². The van der Waals surface area contributed by atoms with E-state index in [0.29, 0.717) is 23.6 Å². The molecule has 2 aromatic heterocycles. The molecular formula is C23H25N7O3. The highest BCUT2D eigenvalue weighted by Gasteiger charge is 2.33. The Balaban J connectivity index is 1.43. The predicted molar refractivity (Wildman–Crippen MR) is 121 cm³/mol. The number of nitrogens with one attached hydrogen (secondary N) is 2. The Hall–Kier alpha value is -4.08. The number of aromatic nitrogens is 4. The predicted octanol–water partition coefficient (Wildman–Crippen LogP) is 1.60. The van der Waals surface area contributed by atoms with E-state index in [0.717, 1.165) is 17.5 Å². The van der Waals surface area contributed by atoms with Crippen molar-refractivity contribution in [3.05, 3.63) is 70.9 Å². The molecule has 1 aliphatic rings. The first-order valence-electron chi connectivity index (χ1n) is 10.7. The van der Waals surface area contributed by atoms with Crippen LogP contribution in [0.3, 0.4) is 0 Å². The van der Waals surface area contributed by atoms with Gasteiger partial charge in [0.1, 0.15) is 12.4 Å². The van der Waals surface area contributed by atoms with Gasteiger partial charge in [-0.3, -0.25) is 24.4 Å². The molecular weight excluding hydrogens is 422 g/mol. The lowest BCUT2D eigenvalue weighted by atomic mass is 10.1.